The lowest BCUT2D eigenvalue weighted by Crippen LogP contribution is -2.33. The molecule has 1 aliphatic carbocycles. The van der Waals surface area contributed by atoms with E-state index in [0.29, 0.717) is 19.1 Å². The summed E-state index contributed by atoms with van der Waals surface area (Å²) in [7, 11) is 0. The maximum absolute atomic E-state index is 11.8. The van der Waals surface area contributed by atoms with Gasteiger partial charge in [-0.1, -0.05) is 45.9 Å². The van der Waals surface area contributed by atoms with Crippen molar-refractivity contribution in [3.63, 3.8) is 0 Å². The predicted octanol–water partition coefficient (Wildman–Crippen LogP) is 6.40. The van der Waals surface area contributed by atoms with Gasteiger partial charge in [0, 0.05) is 6.54 Å². The number of fused-ring (bicyclic) bond motifs is 1. The molecule has 1 amide bonds. The van der Waals surface area contributed by atoms with E-state index in [4.69, 9.17) is 9.47 Å². The van der Waals surface area contributed by atoms with Crippen LogP contribution in [0.3, 0.4) is 0 Å². The second kappa shape index (κ2) is 8.91. The smallest absolute Gasteiger partial charge is 0.407 e. The number of alkyl carbamates (subject to hydrolysis) is 1. The molecule has 2 atom stereocenters. The van der Waals surface area contributed by atoms with Crippen molar-refractivity contribution in [1.29, 1.82) is 0 Å². The zero-order valence-electron chi connectivity index (χ0n) is 19.7. The molecule has 0 saturated carbocycles. The van der Waals surface area contributed by atoms with Crippen molar-refractivity contribution >= 4 is 11.7 Å². The first-order valence-electron chi connectivity index (χ1n) is 10.7. The third kappa shape index (κ3) is 6.08. The Balaban J connectivity index is 1.95. The minimum atomic E-state index is -0.470. The zero-order chi connectivity index (χ0) is 22.0. The Labute approximate surface area is 177 Å². The molecule has 0 aliphatic heterocycles. The van der Waals surface area contributed by atoms with Crippen LogP contribution < -0.4 is 5.32 Å². The average Bonchev–Trinajstić information content (AvgIpc) is 2.81. The second-order valence-electron chi connectivity index (χ2n) is 10.4. The molecule has 4 heteroatoms. The van der Waals surface area contributed by atoms with Crippen molar-refractivity contribution < 1.29 is 14.3 Å². The highest BCUT2D eigenvalue weighted by atomic mass is 16.6. The van der Waals surface area contributed by atoms with Gasteiger partial charge in [-0.15, -0.1) is 0 Å². The number of carbonyl (C=O) groups excluding carboxylic acids is 1. The summed E-state index contributed by atoms with van der Waals surface area (Å²) in [5, 5.41) is 2.83. The summed E-state index contributed by atoms with van der Waals surface area (Å²) in [5.41, 5.74) is 6.30. The molecule has 0 radical (unpaired) electrons. The summed E-state index contributed by atoms with van der Waals surface area (Å²) in [4.78, 5) is 11.8. The largest absolute Gasteiger partial charge is 0.444 e. The lowest BCUT2D eigenvalue weighted by atomic mass is 9.81. The number of nitrogens with one attached hydrogen (secondary N) is 1. The number of benzene rings is 1. The lowest BCUT2D eigenvalue weighted by Gasteiger charge is -2.24. The van der Waals surface area contributed by atoms with E-state index in [1.165, 1.54) is 27.8 Å². The van der Waals surface area contributed by atoms with Crippen LogP contribution in [0.25, 0.3) is 5.57 Å². The normalized spacial score (nSPS) is 17.9. The van der Waals surface area contributed by atoms with Crippen LogP contribution in [0.4, 0.5) is 4.79 Å². The second-order valence-corrected chi connectivity index (χ2v) is 10.4. The summed E-state index contributed by atoms with van der Waals surface area (Å²) in [6.07, 6.45) is 0.510. The highest BCUT2D eigenvalue weighted by Crippen LogP contribution is 2.46. The third-order valence-corrected chi connectivity index (χ3v) is 5.40. The molecule has 2 unspecified atom stereocenters. The molecule has 1 aromatic rings. The Morgan fingerprint density at radius 2 is 1.79 bits per heavy atom. The Bertz CT molecular complexity index is 765. The van der Waals surface area contributed by atoms with E-state index < -0.39 is 5.60 Å². The molecule has 4 nitrogen and oxygen atoms in total. The van der Waals surface area contributed by atoms with Gasteiger partial charge in [-0.2, -0.15) is 0 Å². The van der Waals surface area contributed by atoms with Gasteiger partial charge in [-0.25, -0.2) is 4.79 Å². The molecule has 0 aromatic heterocycles. The van der Waals surface area contributed by atoms with Crippen LogP contribution in [0.5, 0.6) is 0 Å². The van der Waals surface area contributed by atoms with Crippen molar-refractivity contribution in [2.24, 2.45) is 5.92 Å². The zero-order valence-corrected chi connectivity index (χ0v) is 19.7. The van der Waals surface area contributed by atoms with Crippen LogP contribution in [0.15, 0.2) is 23.8 Å². The molecular formula is C25H39NO3. The SMILES string of the molecule is CC1=C(C)C(OCC(C)CCNC(=O)OC(C)(C)C)c2cccc(C(C)(C)C)c21. The van der Waals surface area contributed by atoms with Crippen molar-refractivity contribution in [3.8, 4) is 0 Å². The third-order valence-electron chi connectivity index (χ3n) is 5.40. The van der Waals surface area contributed by atoms with Gasteiger partial charge in [0.05, 0.1) is 6.61 Å². The molecule has 2 rings (SSSR count). The molecule has 1 N–H and O–H groups in total. The molecule has 1 aliphatic rings. The van der Waals surface area contributed by atoms with Gasteiger partial charge in [0.2, 0.25) is 0 Å². The van der Waals surface area contributed by atoms with Crippen LogP contribution >= 0.6 is 0 Å². The number of hydrogen-bond acceptors (Lipinski definition) is 3. The first-order chi connectivity index (χ1) is 13.3. The van der Waals surface area contributed by atoms with E-state index in [1.54, 1.807) is 0 Å². The van der Waals surface area contributed by atoms with E-state index in [-0.39, 0.29) is 17.6 Å². The minimum absolute atomic E-state index is 0.0218. The summed E-state index contributed by atoms with van der Waals surface area (Å²) >= 11 is 0. The number of allylic oxidation sites excluding steroid dienone is 1. The first kappa shape index (κ1) is 23.5. The van der Waals surface area contributed by atoms with Gasteiger partial charge in [-0.05, 0) is 80.2 Å². The molecule has 0 bridgehead atoms. The monoisotopic (exact) mass is 401 g/mol. The van der Waals surface area contributed by atoms with Crippen LogP contribution in [0.1, 0.15) is 91.5 Å². The van der Waals surface area contributed by atoms with Gasteiger partial charge in [0.25, 0.3) is 0 Å². The topological polar surface area (TPSA) is 47.6 Å². The van der Waals surface area contributed by atoms with Crippen molar-refractivity contribution in [2.75, 3.05) is 13.2 Å². The molecular weight excluding hydrogens is 362 g/mol. The van der Waals surface area contributed by atoms with Crippen LogP contribution in [0, 0.1) is 5.92 Å². The minimum Gasteiger partial charge on any atom is -0.444 e. The van der Waals surface area contributed by atoms with Crippen LogP contribution in [0.2, 0.25) is 0 Å². The maximum Gasteiger partial charge on any atom is 0.407 e. The van der Waals surface area contributed by atoms with Gasteiger partial charge >= 0.3 is 6.09 Å². The number of ether oxygens (including phenoxy) is 2. The Morgan fingerprint density at radius 1 is 1.14 bits per heavy atom. The molecule has 29 heavy (non-hydrogen) atoms. The van der Waals surface area contributed by atoms with Crippen molar-refractivity contribution in [2.45, 2.75) is 85.9 Å². The van der Waals surface area contributed by atoms with E-state index in [1.807, 2.05) is 20.8 Å². The maximum atomic E-state index is 11.8. The molecule has 1 aromatic carbocycles. The highest BCUT2D eigenvalue weighted by molar-refractivity contribution is 5.79. The number of carbonyl (C=O) groups is 1. The molecule has 0 saturated heterocycles. The fourth-order valence-corrected chi connectivity index (χ4v) is 3.75. The number of amides is 1. The van der Waals surface area contributed by atoms with E-state index in [0.717, 1.165) is 6.42 Å². The fraction of sp³-hybridized carbons (Fsp3) is 0.640. The van der Waals surface area contributed by atoms with Gasteiger partial charge in [-0.3, -0.25) is 0 Å². The Morgan fingerprint density at radius 3 is 2.38 bits per heavy atom. The number of hydrogen-bond donors (Lipinski definition) is 1. The van der Waals surface area contributed by atoms with E-state index in [2.05, 4.69) is 65.1 Å². The van der Waals surface area contributed by atoms with E-state index in [9.17, 15) is 4.79 Å². The quantitative estimate of drug-likeness (QED) is 0.600. The fourth-order valence-electron chi connectivity index (χ4n) is 3.75. The average molecular weight is 402 g/mol. The van der Waals surface area contributed by atoms with Crippen molar-refractivity contribution in [3.05, 3.63) is 40.5 Å². The molecule has 162 valence electrons. The van der Waals surface area contributed by atoms with Crippen molar-refractivity contribution in [1.82, 2.24) is 5.32 Å². The summed E-state index contributed by atoms with van der Waals surface area (Å²) < 4.78 is 11.7. The Hall–Kier alpha value is -1.81. The predicted molar refractivity (Wildman–Crippen MR) is 120 cm³/mol. The molecule has 0 spiro atoms. The molecule has 0 heterocycles. The van der Waals surface area contributed by atoms with E-state index >= 15 is 0 Å². The summed E-state index contributed by atoms with van der Waals surface area (Å²) in [6, 6.07) is 6.59. The summed E-state index contributed by atoms with van der Waals surface area (Å²) in [5.74, 6) is 0.341. The van der Waals surface area contributed by atoms with Crippen LogP contribution in [-0.2, 0) is 14.9 Å². The lowest BCUT2D eigenvalue weighted by molar-refractivity contribution is 0.0472. The van der Waals surface area contributed by atoms with Gasteiger partial charge in [0.1, 0.15) is 11.7 Å². The standard InChI is InChI=1S/C25H39NO3/c1-16(13-14-26-23(27)29-25(7,8)9)15-28-22-18(3)17(2)21-19(22)11-10-12-20(21)24(4,5)6/h10-12,16,22H,13-15H2,1-9H3,(H,26,27). The summed E-state index contributed by atoms with van der Waals surface area (Å²) in [6.45, 7) is 20.2. The Kier molecular flexibility index (Phi) is 7.21. The van der Waals surface area contributed by atoms with Crippen LogP contribution in [-0.4, -0.2) is 24.8 Å². The first-order valence-corrected chi connectivity index (χ1v) is 10.7. The number of rotatable bonds is 6. The van der Waals surface area contributed by atoms with Gasteiger partial charge < -0.3 is 14.8 Å². The molecule has 0 fully saturated rings. The van der Waals surface area contributed by atoms with Gasteiger partial charge in [0.15, 0.2) is 0 Å². The highest BCUT2D eigenvalue weighted by Gasteiger charge is 2.32.